The van der Waals surface area contributed by atoms with Gasteiger partial charge in [0.25, 0.3) is 0 Å². The summed E-state index contributed by atoms with van der Waals surface area (Å²) in [4.78, 5) is 0. The van der Waals surface area contributed by atoms with E-state index >= 15 is 0 Å². The van der Waals surface area contributed by atoms with Crippen LogP contribution in [0.15, 0.2) is 30.5 Å². The Morgan fingerprint density at radius 3 is 2.84 bits per heavy atom. The molecule has 1 unspecified atom stereocenters. The van der Waals surface area contributed by atoms with Crippen LogP contribution in [0.5, 0.6) is 0 Å². The van der Waals surface area contributed by atoms with E-state index in [1.807, 2.05) is 26.2 Å². The van der Waals surface area contributed by atoms with Crippen molar-refractivity contribution in [1.82, 2.24) is 15.1 Å². The fraction of sp³-hybridized carbons (Fsp3) is 0.357. The van der Waals surface area contributed by atoms with Gasteiger partial charge >= 0.3 is 0 Å². The summed E-state index contributed by atoms with van der Waals surface area (Å²) in [5, 5.41) is 8.15. The molecule has 3 nitrogen and oxygen atoms in total. The quantitative estimate of drug-likeness (QED) is 0.913. The molecule has 1 heterocycles. The molecule has 1 aromatic heterocycles. The van der Waals surface area contributed by atoms with E-state index in [2.05, 4.69) is 10.4 Å². The van der Waals surface area contributed by atoms with Crippen LogP contribution < -0.4 is 5.32 Å². The number of halogens is 2. The number of aromatic nitrogens is 2. The summed E-state index contributed by atoms with van der Waals surface area (Å²) >= 11 is 5.95. The molecule has 1 aromatic carbocycles. The van der Waals surface area contributed by atoms with Crippen molar-refractivity contribution >= 4 is 11.6 Å². The van der Waals surface area contributed by atoms with Crippen molar-refractivity contribution in [2.45, 2.75) is 19.4 Å². The van der Waals surface area contributed by atoms with Gasteiger partial charge in [-0.1, -0.05) is 18.5 Å². The van der Waals surface area contributed by atoms with Gasteiger partial charge in [-0.2, -0.15) is 5.10 Å². The molecule has 0 radical (unpaired) electrons. The molecular formula is C14H17ClFN3. The summed E-state index contributed by atoms with van der Waals surface area (Å²) in [5.74, 6) is -0.244. The van der Waals surface area contributed by atoms with Crippen LogP contribution in [0.1, 0.15) is 24.2 Å². The zero-order chi connectivity index (χ0) is 13.8. The summed E-state index contributed by atoms with van der Waals surface area (Å²) in [7, 11) is 1.87. The molecule has 0 aliphatic carbocycles. The smallest absolute Gasteiger partial charge is 0.128 e. The number of hydrogen-bond donors (Lipinski definition) is 1. The number of aryl methyl sites for hydroxylation is 1. The molecule has 0 saturated carbocycles. The summed E-state index contributed by atoms with van der Waals surface area (Å²) in [6, 6.07) is 6.45. The van der Waals surface area contributed by atoms with Gasteiger partial charge in [-0.25, -0.2) is 4.39 Å². The first kappa shape index (κ1) is 14.0. The molecule has 0 spiro atoms. The Labute approximate surface area is 117 Å². The van der Waals surface area contributed by atoms with Crippen LogP contribution in [0.2, 0.25) is 5.02 Å². The number of likely N-dealkylation sites (N-methyl/N-ethyl adjacent to an activating group) is 1. The molecule has 5 heteroatoms. The van der Waals surface area contributed by atoms with Gasteiger partial charge in [0, 0.05) is 36.3 Å². The van der Waals surface area contributed by atoms with Gasteiger partial charge in [0.15, 0.2) is 0 Å². The molecule has 1 N–H and O–H groups in total. The zero-order valence-corrected chi connectivity index (χ0v) is 11.8. The van der Waals surface area contributed by atoms with Crippen molar-refractivity contribution in [3.63, 3.8) is 0 Å². The molecule has 1 atom stereocenters. The van der Waals surface area contributed by atoms with E-state index in [1.165, 1.54) is 6.07 Å². The topological polar surface area (TPSA) is 29.9 Å². The van der Waals surface area contributed by atoms with E-state index in [0.29, 0.717) is 17.0 Å². The van der Waals surface area contributed by atoms with Crippen LogP contribution in [0, 0.1) is 5.82 Å². The molecule has 2 aromatic rings. The molecule has 0 aliphatic rings. The van der Waals surface area contributed by atoms with Gasteiger partial charge in [0.2, 0.25) is 0 Å². The normalized spacial score (nSPS) is 12.6. The molecule has 0 saturated heterocycles. The van der Waals surface area contributed by atoms with E-state index in [1.54, 1.807) is 16.8 Å². The average Bonchev–Trinajstić information content (AvgIpc) is 2.77. The Bertz CT molecular complexity index is 553. The highest BCUT2D eigenvalue weighted by molar-refractivity contribution is 6.30. The van der Waals surface area contributed by atoms with Gasteiger partial charge < -0.3 is 5.32 Å². The van der Waals surface area contributed by atoms with Crippen LogP contribution >= 0.6 is 11.6 Å². The largest absolute Gasteiger partial charge is 0.310 e. The van der Waals surface area contributed by atoms with E-state index in [0.717, 1.165) is 12.2 Å². The van der Waals surface area contributed by atoms with Gasteiger partial charge in [-0.3, -0.25) is 4.68 Å². The van der Waals surface area contributed by atoms with Gasteiger partial charge in [-0.15, -0.1) is 0 Å². The summed E-state index contributed by atoms with van der Waals surface area (Å²) < 4.78 is 15.7. The summed E-state index contributed by atoms with van der Waals surface area (Å²) in [6.07, 6.45) is 2.51. The summed E-state index contributed by atoms with van der Waals surface area (Å²) in [6.45, 7) is 2.75. The number of nitrogens with one attached hydrogen (secondary N) is 1. The molecule has 0 amide bonds. The van der Waals surface area contributed by atoms with Crippen LogP contribution in [0.3, 0.4) is 0 Å². The molecule has 0 fully saturated rings. The predicted octanol–water partition coefficient (Wildman–Crippen LogP) is 3.11. The van der Waals surface area contributed by atoms with Gasteiger partial charge in [0.1, 0.15) is 5.82 Å². The van der Waals surface area contributed by atoms with Crippen molar-refractivity contribution < 1.29 is 4.39 Å². The molecule has 0 bridgehead atoms. The van der Waals surface area contributed by atoms with Crippen molar-refractivity contribution in [2.75, 3.05) is 6.54 Å². The lowest BCUT2D eigenvalue weighted by Crippen LogP contribution is -2.24. The number of nitrogens with zero attached hydrogens (tertiary/aromatic N) is 2. The second kappa shape index (κ2) is 6.17. The average molecular weight is 282 g/mol. The predicted molar refractivity (Wildman–Crippen MR) is 74.7 cm³/mol. The van der Waals surface area contributed by atoms with Crippen LogP contribution in [-0.2, 0) is 13.5 Å². The first-order chi connectivity index (χ1) is 9.10. The summed E-state index contributed by atoms with van der Waals surface area (Å²) in [5.41, 5.74) is 1.51. The minimum Gasteiger partial charge on any atom is -0.310 e. The minimum absolute atomic E-state index is 0.126. The van der Waals surface area contributed by atoms with Crippen LogP contribution in [0.4, 0.5) is 4.39 Å². The minimum atomic E-state index is -0.244. The number of benzene rings is 1. The fourth-order valence-corrected chi connectivity index (χ4v) is 2.28. The Morgan fingerprint density at radius 2 is 2.21 bits per heavy atom. The molecule has 102 valence electrons. The molecular weight excluding hydrogens is 265 g/mol. The maximum Gasteiger partial charge on any atom is 0.128 e. The lowest BCUT2D eigenvalue weighted by Gasteiger charge is -2.18. The third-order valence-electron chi connectivity index (χ3n) is 2.97. The maximum absolute atomic E-state index is 13.9. The highest BCUT2D eigenvalue weighted by Crippen LogP contribution is 2.24. The van der Waals surface area contributed by atoms with Crippen molar-refractivity contribution in [1.29, 1.82) is 0 Å². The highest BCUT2D eigenvalue weighted by Gasteiger charge is 2.17. The first-order valence-corrected chi connectivity index (χ1v) is 6.64. The third-order valence-corrected chi connectivity index (χ3v) is 3.20. The lowest BCUT2D eigenvalue weighted by atomic mass is 10.0. The van der Waals surface area contributed by atoms with Crippen LogP contribution in [-0.4, -0.2) is 16.3 Å². The molecule has 2 rings (SSSR count). The Kier molecular flexibility index (Phi) is 4.56. The van der Waals surface area contributed by atoms with E-state index in [9.17, 15) is 4.39 Å². The van der Waals surface area contributed by atoms with Crippen molar-refractivity contribution in [3.05, 3.63) is 52.6 Å². The standard InChI is InChI=1S/C14H17ClFN3/c1-3-17-14(9-11-6-7-19(2)18-11)12-8-10(15)4-5-13(12)16/h4-8,14,17H,3,9H2,1-2H3. The van der Waals surface area contributed by atoms with E-state index < -0.39 is 0 Å². The van der Waals surface area contributed by atoms with Crippen molar-refractivity contribution in [2.24, 2.45) is 7.05 Å². The first-order valence-electron chi connectivity index (χ1n) is 6.27. The Morgan fingerprint density at radius 1 is 1.42 bits per heavy atom. The maximum atomic E-state index is 13.9. The van der Waals surface area contributed by atoms with Crippen LogP contribution in [0.25, 0.3) is 0 Å². The third kappa shape index (κ3) is 3.55. The zero-order valence-electron chi connectivity index (χ0n) is 11.0. The molecule has 0 aliphatic heterocycles. The second-order valence-corrected chi connectivity index (χ2v) is 4.90. The van der Waals surface area contributed by atoms with E-state index in [-0.39, 0.29) is 11.9 Å². The molecule has 19 heavy (non-hydrogen) atoms. The highest BCUT2D eigenvalue weighted by atomic mass is 35.5. The van der Waals surface area contributed by atoms with Crippen molar-refractivity contribution in [3.8, 4) is 0 Å². The number of hydrogen-bond acceptors (Lipinski definition) is 2. The number of rotatable bonds is 5. The van der Waals surface area contributed by atoms with Gasteiger partial charge in [-0.05, 0) is 30.8 Å². The second-order valence-electron chi connectivity index (χ2n) is 4.46. The van der Waals surface area contributed by atoms with Gasteiger partial charge in [0.05, 0.1) is 5.69 Å². The Hall–Kier alpha value is -1.39. The monoisotopic (exact) mass is 281 g/mol. The lowest BCUT2D eigenvalue weighted by molar-refractivity contribution is 0.504. The Balaban J connectivity index is 2.26. The van der Waals surface area contributed by atoms with E-state index in [4.69, 9.17) is 11.6 Å². The fourth-order valence-electron chi connectivity index (χ4n) is 2.10. The SMILES string of the molecule is CCNC(Cc1ccn(C)n1)c1cc(Cl)ccc1F.